The summed E-state index contributed by atoms with van der Waals surface area (Å²) in [5.74, 6) is 0. The van der Waals surface area contributed by atoms with Crippen molar-refractivity contribution in [1.82, 2.24) is 5.32 Å². The van der Waals surface area contributed by atoms with Crippen LogP contribution in [-0.4, -0.2) is 25.7 Å². The smallest absolute Gasteiger partial charge is 0.0640 e. The molecule has 0 spiro atoms. The van der Waals surface area contributed by atoms with Crippen LogP contribution in [0.5, 0.6) is 0 Å². The van der Waals surface area contributed by atoms with Crippen molar-refractivity contribution in [3.63, 3.8) is 0 Å². The topological polar surface area (TPSA) is 15.3 Å². The minimum Gasteiger partial charge on any atom is -0.370 e. The van der Waals surface area contributed by atoms with Crippen molar-refractivity contribution >= 4 is 28.9 Å². The SMILES string of the molecule is CCCNC1CCN(c2cc(Cl)ccc2Cl)CC1. The van der Waals surface area contributed by atoms with Gasteiger partial charge in [0.2, 0.25) is 0 Å². The van der Waals surface area contributed by atoms with Crippen molar-refractivity contribution in [2.45, 2.75) is 32.2 Å². The number of nitrogens with one attached hydrogen (secondary N) is 1. The molecule has 4 heteroatoms. The summed E-state index contributed by atoms with van der Waals surface area (Å²) >= 11 is 12.3. The summed E-state index contributed by atoms with van der Waals surface area (Å²) in [4.78, 5) is 2.33. The predicted molar refractivity (Wildman–Crippen MR) is 80.0 cm³/mol. The normalized spacial score (nSPS) is 17.2. The van der Waals surface area contributed by atoms with Crippen molar-refractivity contribution in [3.05, 3.63) is 28.2 Å². The Bertz CT molecular complexity index is 387. The van der Waals surface area contributed by atoms with Crippen LogP contribution in [0.2, 0.25) is 10.0 Å². The van der Waals surface area contributed by atoms with E-state index >= 15 is 0 Å². The van der Waals surface area contributed by atoms with E-state index in [1.54, 1.807) is 0 Å². The lowest BCUT2D eigenvalue weighted by molar-refractivity contribution is 0.416. The second-order valence-corrected chi connectivity index (χ2v) is 5.65. The second kappa shape index (κ2) is 6.65. The quantitative estimate of drug-likeness (QED) is 0.901. The zero-order valence-electron chi connectivity index (χ0n) is 10.8. The first kappa shape index (κ1) is 14.0. The van der Waals surface area contributed by atoms with Crippen molar-refractivity contribution < 1.29 is 0 Å². The van der Waals surface area contributed by atoms with Crippen LogP contribution < -0.4 is 10.2 Å². The maximum atomic E-state index is 6.23. The van der Waals surface area contributed by atoms with Crippen molar-refractivity contribution in [2.24, 2.45) is 0 Å². The van der Waals surface area contributed by atoms with Gasteiger partial charge in [-0.3, -0.25) is 0 Å². The van der Waals surface area contributed by atoms with Gasteiger partial charge in [-0.05, 0) is 44.0 Å². The molecular weight excluding hydrogens is 267 g/mol. The Morgan fingerprint density at radius 3 is 2.67 bits per heavy atom. The molecule has 0 bridgehead atoms. The average molecular weight is 287 g/mol. The molecule has 2 nitrogen and oxygen atoms in total. The molecular formula is C14H20Cl2N2. The van der Waals surface area contributed by atoms with Crippen molar-refractivity contribution in [1.29, 1.82) is 0 Å². The summed E-state index contributed by atoms with van der Waals surface area (Å²) in [5, 5.41) is 5.13. The van der Waals surface area contributed by atoms with E-state index < -0.39 is 0 Å². The molecule has 2 rings (SSSR count). The third-order valence-corrected chi connectivity index (χ3v) is 3.98. The fraction of sp³-hybridized carbons (Fsp3) is 0.571. The lowest BCUT2D eigenvalue weighted by Crippen LogP contribution is -2.42. The Balaban J connectivity index is 1.94. The fourth-order valence-electron chi connectivity index (χ4n) is 2.40. The van der Waals surface area contributed by atoms with E-state index in [1.165, 1.54) is 19.3 Å². The van der Waals surface area contributed by atoms with Gasteiger partial charge < -0.3 is 10.2 Å². The highest BCUT2D eigenvalue weighted by molar-refractivity contribution is 6.35. The van der Waals surface area contributed by atoms with E-state index in [0.717, 1.165) is 35.4 Å². The van der Waals surface area contributed by atoms with Crippen molar-refractivity contribution in [3.8, 4) is 0 Å². The Labute approximate surface area is 119 Å². The second-order valence-electron chi connectivity index (χ2n) is 4.81. The number of halogens is 2. The summed E-state index contributed by atoms with van der Waals surface area (Å²) in [6, 6.07) is 6.33. The molecule has 0 aromatic heterocycles. The standard InChI is InChI=1S/C14H20Cl2N2/c1-2-7-17-12-5-8-18(9-6-12)14-10-11(15)3-4-13(14)16/h3-4,10,12,17H,2,5-9H2,1H3. The van der Waals surface area contributed by atoms with Crippen LogP contribution in [0.25, 0.3) is 0 Å². The molecule has 1 saturated heterocycles. The number of hydrogen-bond acceptors (Lipinski definition) is 2. The summed E-state index contributed by atoms with van der Waals surface area (Å²) < 4.78 is 0. The predicted octanol–water partition coefficient (Wildman–Crippen LogP) is 3.96. The molecule has 1 aliphatic heterocycles. The van der Waals surface area contributed by atoms with E-state index in [-0.39, 0.29) is 0 Å². The number of anilines is 1. The van der Waals surface area contributed by atoms with Gasteiger partial charge in [0.15, 0.2) is 0 Å². The van der Waals surface area contributed by atoms with E-state index in [4.69, 9.17) is 23.2 Å². The first-order chi connectivity index (χ1) is 8.70. The third kappa shape index (κ3) is 3.53. The summed E-state index contributed by atoms with van der Waals surface area (Å²) in [6.07, 6.45) is 3.53. The van der Waals surface area contributed by atoms with E-state index in [2.05, 4.69) is 17.1 Å². The Morgan fingerprint density at radius 2 is 2.00 bits per heavy atom. The van der Waals surface area contributed by atoms with Crippen LogP contribution in [-0.2, 0) is 0 Å². The van der Waals surface area contributed by atoms with Gasteiger partial charge in [0.05, 0.1) is 10.7 Å². The van der Waals surface area contributed by atoms with Crippen molar-refractivity contribution in [2.75, 3.05) is 24.5 Å². The van der Waals surface area contributed by atoms with Gasteiger partial charge in [-0.15, -0.1) is 0 Å². The maximum absolute atomic E-state index is 6.23. The number of hydrogen-bond donors (Lipinski definition) is 1. The van der Waals surface area contributed by atoms with E-state index in [9.17, 15) is 0 Å². The van der Waals surface area contributed by atoms with Gasteiger partial charge >= 0.3 is 0 Å². The number of piperidine rings is 1. The van der Waals surface area contributed by atoms with Crippen LogP contribution in [0, 0.1) is 0 Å². The lowest BCUT2D eigenvalue weighted by Gasteiger charge is -2.34. The lowest BCUT2D eigenvalue weighted by atomic mass is 10.0. The molecule has 0 radical (unpaired) electrons. The summed E-state index contributed by atoms with van der Waals surface area (Å²) in [6.45, 7) is 5.40. The Hall–Kier alpha value is -0.440. The van der Waals surface area contributed by atoms with Gasteiger partial charge in [-0.2, -0.15) is 0 Å². The molecule has 100 valence electrons. The minimum absolute atomic E-state index is 0.652. The molecule has 1 fully saturated rings. The molecule has 1 aromatic carbocycles. The molecule has 18 heavy (non-hydrogen) atoms. The molecule has 0 aliphatic carbocycles. The maximum Gasteiger partial charge on any atom is 0.0640 e. The zero-order chi connectivity index (χ0) is 13.0. The van der Waals surface area contributed by atoms with E-state index in [0.29, 0.717) is 6.04 Å². The highest BCUT2D eigenvalue weighted by Gasteiger charge is 2.20. The molecule has 0 atom stereocenters. The monoisotopic (exact) mass is 286 g/mol. The summed E-state index contributed by atoms with van der Waals surface area (Å²) in [7, 11) is 0. The third-order valence-electron chi connectivity index (χ3n) is 3.43. The molecule has 0 unspecified atom stereocenters. The van der Waals surface area contributed by atoms with Crippen LogP contribution in [0.1, 0.15) is 26.2 Å². The molecule has 0 amide bonds. The molecule has 1 aromatic rings. The molecule has 1 aliphatic rings. The first-order valence-electron chi connectivity index (χ1n) is 6.64. The van der Waals surface area contributed by atoms with Gasteiger partial charge in [0.1, 0.15) is 0 Å². The zero-order valence-corrected chi connectivity index (χ0v) is 12.3. The van der Waals surface area contributed by atoms with Crippen LogP contribution in [0.3, 0.4) is 0 Å². The van der Waals surface area contributed by atoms with Gasteiger partial charge in [0, 0.05) is 24.2 Å². The largest absolute Gasteiger partial charge is 0.370 e. The minimum atomic E-state index is 0.652. The number of rotatable bonds is 4. The molecule has 1 heterocycles. The Morgan fingerprint density at radius 1 is 1.28 bits per heavy atom. The molecule has 0 saturated carbocycles. The van der Waals surface area contributed by atoms with Crippen LogP contribution in [0.4, 0.5) is 5.69 Å². The highest BCUT2D eigenvalue weighted by Crippen LogP contribution is 2.30. The first-order valence-corrected chi connectivity index (χ1v) is 7.39. The van der Waals surface area contributed by atoms with Crippen LogP contribution >= 0.6 is 23.2 Å². The molecule has 1 N–H and O–H groups in total. The van der Waals surface area contributed by atoms with E-state index in [1.807, 2.05) is 18.2 Å². The van der Waals surface area contributed by atoms with Gasteiger partial charge in [-0.1, -0.05) is 30.1 Å². The Kier molecular flexibility index (Phi) is 5.16. The number of nitrogens with zero attached hydrogens (tertiary/aromatic N) is 1. The van der Waals surface area contributed by atoms with Gasteiger partial charge in [0.25, 0.3) is 0 Å². The van der Waals surface area contributed by atoms with Gasteiger partial charge in [-0.25, -0.2) is 0 Å². The van der Waals surface area contributed by atoms with Crippen LogP contribution in [0.15, 0.2) is 18.2 Å². The fourth-order valence-corrected chi connectivity index (χ4v) is 2.80. The highest BCUT2D eigenvalue weighted by atomic mass is 35.5. The summed E-state index contributed by atoms with van der Waals surface area (Å²) in [5.41, 5.74) is 1.07. The average Bonchev–Trinajstić information content (AvgIpc) is 2.40. The number of benzene rings is 1.